The van der Waals surface area contributed by atoms with Crippen LogP contribution in [0.3, 0.4) is 0 Å². The maximum Gasteiger partial charge on any atom is 0.123 e. The van der Waals surface area contributed by atoms with Crippen LogP contribution in [0.1, 0.15) is 24.4 Å². The van der Waals surface area contributed by atoms with Gasteiger partial charge in [0.05, 0.1) is 7.11 Å². The fraction of sp³-hybridized carbons (Fsp3) is 0.538. The van der Waals surface area contributed by atoms with Crippen molar-refractivity contribution >= 4 is 0 Å². The van der Waals surface area contributed by atoms with Crippen molar-refractivity contribution in [3.8, 4) is 5.75 Å². The van der Waals surface area contributed by atoms with Gasteiger partial charge in [-0.25, -0.2) is 4.39 Å². The van der Waals surface area contributed by atoms with Crippen LogP contribution in [0.4, 0.5) is 4.39 Å². The number of ether oxygens (including phenoxy) is 1. The Balaban J connectivity index is 2.14. The Morgan fingerprint density at radius 2 is 2.29 bits per heavy atom. The van der Waals surface area contributed by atoms with Gasteiger partial charge in [0.1, 0.15) is 11.6 Å². The Bertz CT molecular complexity index is 376. The molecule has 2 atom stereocenters. The van der Waals surface area contributed by atoms with Crippen molar-refractivity contribution in [1.82, 2.24) is 5.32 Å². The normalized spacial score (nSPS) is 24.6. The van der Waals surface area contributed by atoms with Crippen molar-refractivity contribution in [2.24, 2.45) is 5.92 Å². The van der Waals surface area contributed by atoms with Crippen LogP contribution in [0, 0.1) is 11.7 Å². The Morgan fingerprint density at radius 1 is 1.47 bits per heavy atom. The van der Waals surface area contributed by atoms with Crippen molar-refractivity contribution in [3.05, 3.63) is 29.6 Å². The summed E-state index contributed by atoms with van der Waals surface area (Å²) < 4.78 is 18.5. The first-order chi connectivity index (χ1) is 8.24. The lowest BCUT2D eigenvalue weighted by Gasteiger charge is -2.30. The summed E-state index contributed by atoms with van der Waals surface area (Å²) in [5, 5.41) is 12.4. The quantitative estimate of drug-likeness (QED) is 0.846. The van der Waals surface area contributed by atoms with Gasteiger partial charge < -0.3 is 15.2 Å². The molecule has 0 aliphatic carbocycles. The molecule has 0 radical (unpaired) electrons. The molecular weight excluding hydrogens is 221 g/mol. The van der Waals surface area contributed by atoms with E-state index >= 15 is 0 Å². The van der Waals surface area contributed by atoms with E-state index < -0.39 is 0 Å². The number of hydrogen-bond acceptors (Lipinski definition) is 3. The van der Waals surface area contributed by atoms with E-state index in [-0.39, 0.29) is 18.5 Å². The minimum absolute atomic E-state index is 0.114. The summed E-state index contributed by atoms with van der Waals surface area (Å²) in [6, 6.07) is 4.70. The molecule has 1 aromatic carbocycles. The van der Waals surface area contributed by atoms with Gasteiger partial charge >= 0.3 is 0 Å². The maximum atomic E-state index is 13.3. The second-order valence-corrected chi connectivity index (χ2v) is 4.47. The monoisotopic (exact) mass is 239 g/mol. The molecule has 0 aromatic heterocycles. The molecule has 1 aliphatic heterocycles. The summed E-state index contributed by atoms with van der Waals surface area (Å²) in [5.41, 5.74) is 0.865. The van der Waals surface area contributed by atoms with Gasteiger partial charge in [-0.15, -0.1) is 0 Å². The number of nitrogens with one attached hydrogen (secondary N) is 1. The van der Waals surface area contributed by atoms with Crippen molar-refractivity contribution in [2.45, 2.75) is 18.9 Å². The lowest BCUT2D eigenvalue weighted by Crippen LogP contribution is -2.34. The van der Waals surface area contributed by atoms with Crippen molar-refractivity contribution in [1.29, 1.82) is 0 Å². The molecule has 0 amide bonds. The standard InChI is InChI=1S/C13H18FNO2/c1-17-13-5-3-10(14)6-11(13)12-4-2-9(8-16)7-15-12/h3,5-6,9,12,15-16H,2,4,7-8H2,1H3. The summed E-state index contributed by atoms with van der Waals surface area (Å²) in [5.74, 6) is 0.782. The van der Waals surface area contributed by atoms with E-state index in [1.54, 1.807) is 13.2 Å². The van der Waals surface area contributed by atoms with Gasteiger partial charge in [0.25, 0.3) is 0 Å². The molecule has 2 N–H and O–H groups in total. The highest BCUT2D eigenvalue weighted by atomic mass is 19.1. The maximum absolute atomic E-state index is 13.3. The summed E-state index contributed by atoms with van der Waals surface area (Å²) in [4.78, 5) is 0. The smallest absolute Gasteiger partial charge is 0.123 e. The average Bonchev–Trinajstić information content (AvgIpc) is 2.39. The van der Waals surface area contributed by atoms with Gasteiger partial charge in [0.2, 0.25) is 0 Å². The molecule has 0 spiro atoms. The van der Waals surface area contributed by atoms with Crippen LogP contribution in [-0.4, -0.2) is 25.4 Å². The number of hydrogen-bond donors (Lipinski definition) is 2. The van der Waals surface area contributed by atoms with Crippen LogP contribution in [0.2, 0.25) is 0 Å². The predicted octanol–water partition coefficient (Wildman–Crippen LogP) is 1.87. The number of rotatable bonds is 3. The first kappa shape index (κ1) is 12.3. The highest BCUT2D eigenvalue weighted by molar-refractivity contribution is 5.36. The Hall–Kier alpha value is -1.13. The summed E-state index contributed by atoms with van der Waals surface area (Å²) in [6.07, 6.45) is 1.85. The number of piperidine rings is 1. The second kappa shape index (κ2) is 5.47. The van der Waals surface area contributed by atoms with Crippen LogP contribution in [0.25, 0.3) is 0 Å². The Morgan fingerprint density at radius 3 is 2.88 bits per heavy atom. The minimum atomic E-state index is -0.244. The van der Waals surface area contributed by atoms with Crippen LogP contribution in [0.5, 0.6) is 5.75 Å². The Kier molecular flexibility index (Phi) is 3.97. The number of aliphatic hydroxyl groups is 1. The molecule has 1 fully saturated rings. The molecule has 1 aliphatic rings. The van der Waals surface area contributed by atoms with Gasteiger partial charge in [-0.2, -0.15) is 0 Å². The van der Waals surface area contributed by atoms with E-state index in [2.05, 4.69) is 5.32 Å². The predicted molar refractivity (Wildman–Crippen MR) is 63.5 cm³/mol. The van der Waals surface area contributed by atoms with E-state index in [0.717, 1.165) is 24.9 Å². The van der Waals surface area contributed by atoms with Crippen LogP contribution < -0.4 is 10.1 Å². The molecule has 3 nitrogen and oxygen atoms in total. The molecule has 1 heterocycles. The number of halogens is 1. The highest BCUT2D eigenvalue weighted by Gasteiger charge is 2.23. The van der Waals surface area contributed by atoms with Gasteiger partial charge in [0, 0.05) is 24.8 Å². The molecular formula is C13H18FNO2. The van der Waals surface area contributed by atoms with Gasteiger partial charge in [-0.3, -0.25) is 0 Å². The first-order valence-corrected chi connectivity index (χ1v) is 5.92. The molecule has 1 saturated heterocycles. The fourth-order valence-corrected chi connectivity index (χ4v) is 2.31. The fourth-order valence-electron chi connectivity index (χ4n) is 2.31. The van der Waals surface area contributed by atoms with Gasteiger partial charge in [0.15, 0.2) is 0 Å². The summed E-state index contributed by atoms with van der Waals surface area (Å²) in [7, 11) is 1.59. The van der Waals surface area contributed by atoms with E-state index in [0.29, 0.717) is 11.7 Å². The number of benzene rings is 1. The first-order valence-electron chi connectivity index (χ1n) is 5.92. The number of methoxy groups -OCH3 is 1. The van der Waals surface area contributed by atoms with E-state index in [9.17, 15) is 4.39 Å². The lowest BCUT2D eigenvalue weighted by atomic mass is 9.91. The van der Waals surface area contributed by atoms with E-state index in [1.807, 2.05) is 0 Å². The van der Waals surface area contributed by atoms with Gasteiger partial charge in [-0.1, -0.05) is 0 Å². The van der Waals surface area contributed by atoms with E-state index in [1.165, 1.54) is 12.1 Å². The Labute approximate surface area is 101 Å². The zero-order chi connectivity index (χ0) is 12.3. The zero-order valence-corrected chi connectivity index (χ0v) is 9.95. The zero-order valence-electron chi connectivity index (χ0n) is 9.95. The highest BCUT2D eigenvalue weighted by Crippen LogP contribution is 2.32. The minimum Gasteiger partial charge on any atom is -0.496 e. The van der Waals surface area contributed by atoms with Crippen molar-refractivity contribution < 1.29 is 14.2 Å². The van der Waals surface area contributed by atoms with Crippen molar-refractivity contribution in [2.75, 3.05) is 20.3 Å². The van der Waals surface area contributed by atoms with Crippen LogP contribution in [-0.2, 0) is 0 Å². The van der Waals surface area contributed by atoms with E-state index in [4.69, 9.17) is 9.84 Å². The molecule has 1 aromatic rings. The third-order valence-electron chi connectivity index (χ3n) is 3.34. The molecule has 2 rings (SSSR count). The molecule has 17 heavy (non-hydrogen) atoms. The SMILES string of the molecule is COc1ccc(F)cc1C1CCC(CO)CN1. The molecule has 0 bridgehead atoms. The average molecular weight is 239 g/mol. The molecule has 4 heteroatoms. The topological polar surface area (TPSA) is 41.5 Å². The molecule has 0 saturated carbocycles. The van der Waals surface area contributed by atoms with Gasteiger partial charge in [-0.05, 0) is 37.0 Å². The van der Waals surface area contributed by atoms with Crippen LogP contribution >= 0.6 is 0 Å². The lowest BCUT2D eigenvalue weighted by molar-refractivity contribution is 0.183. The largest absolute Gasteiger partial charge is 0.496 e. The molecule has 94 valence electrons. The van der Waals surface area contributed by atoms with Crippen LogP contribution in [0.15, 0.2) is 18.2 Å². The second-order valence-electron chi connectivity index (χ2n) is 4.47. The summed E-state index contributed by atoms with van der Waals surface area (Å²) >= 11 is 0. The number of aliphatic hydroxyl groups excluding tert-OH is 1. The molecule has 2 unspecified atom stereocenters. The summed E-state index contributed by atoms with van der Waals surface area (Å²) in [6.45, 7) is 0.973. The third kappa shape index (κ3) is 2.76. The third-order valence-corrected chi connectivity index (χ3v) is 3.34. The van der Waals surface area contributed by atoms with Crippen molar-refractivity contribution in [3.63, 3.8) is 0 Å².